The molecule has 2 saturated heterocycles. The van der Waals surface area contributed by atoms with Gasteiger partial charge in [0.1, 0.15) is 0 Å². The first-order chi connectivity index (χ1) is 8.52. The van der Waals surface area contributed by atoms with Gasteiger partial charge in [-0.1, -0.05) is 0 Å². The number of amides is 2. The lowest BCUT2D eigenvalue weighted by Gasteiger charge is -2.37. The number of piperidine rings is 1. The van der Waals surface area contributed by atoms with E-state index in [4.69, 9.17) is 9.47 Å². The summed E-state index contributed by atoms with van der Waals surface area (Å²) in [6.45, 7) is 5.89. The summed E-state index contributed by atoms with van der Waals surface area (Å²) in [5.74, 6) is -1.50. The van der Waals surface area contributed by atoms with Gasteiger partial charge in [0.25, 0.3) is 0 Å². The van der Waals surface area contributed by atoms with Crippen molar-refractivity contribution in [3.63, 3.8) is 0 Å². The number of nitrogens with zero attached hydrogens (tertiary/aromatic N) is 1. The van der Waals surface area contributed by atoms with Crippen LogP contribution in [0.25, 0.3) is 0 Å². The molecule has 2 aliphatic rings. The van der Waals surface area contributed by atoms with Crippen molar-refractivity contribution in [2.45, 2.75) is 38.5 Å². The third kappa shape index (κ3) is 2.81. The Morgan fingerprint density at radius 3 is 2.22 bits per heavy atom. The minimum absolute atomic E-state index is 0.0286. The Hall–Kier alpha value is -1.14. The van der Waals surface area contributed by atoms with Crippen LogP contribution in [-0.2, 0) is 19.1 Å². The van der Waals surface area contributed by atoms with Crippen LogP contribution in [0, 0.1) is 0 Å². The van der Waals surface area contributed by atoms with Gasteiger partial charge in [-0.05, 0) is 13.8 Å². The molecule has 1 spiro atoms. The third-order valence-corrected chi connectivity index (χ3v) is 3.24. The largest absolute Gasteiger partial charge is 0.347 e. The number of hydrogen-bond donors (Lipinski definition) is 1. The zero-order valence-corrected chi connectivity index (χ0v) is 10.9. The molecule has 2 fully saturated rings. The predicted molar refractivity (Wildman–Crippen MR) is 63.7 cm³/mol. The van der Waals surface area contributed by atoms with Gasteiger partial charge in [-0.3, -0.25) is 9.59 Å². The maximum Gasteiger partial charge on any atom is 0.311 e. The lowest BCUT2D eigenvalue weighted by atomic mass is 10.0. The first-order valence-electron chi connectivity index (χ1n) is 6.40. The van der Waals surface area contributed by atoms with E-state index in [0.717, 1.165) is 0 Å². The second-order valence-corrected chi connectivity index (χ2v) is 5.03. The van der Waals surface area contributed by atoms with Gasteiger partial charge < -0.3 is 19.7 Å². The molecule has 1 N–H and O–H groups in total. The fourth-order valence-electron chi connectivity index (χ4n) is 2.30. The number of ether oxygens (including phenoxy) is 2. The number of carbonyl (C=O) groups excluding carboxylic acids is 2. The van der Waals surface area contributed by atoms with Gasteiger partial charge in [0, 0.05) is 32.0 Å². The van der Waals surface area contributed by atoms with E-state index < -0.39 is 17.6 Å². The number of hydrogen-bond acceptors (Lipinski definition) is 4. The Morgan fingerprint density at radius 1 is 1.17 bits per heavy atom. The molecular weight excluding hydrogens is 236 g/mol. The lowest BCUT2D eigenvalue weighted by Crippen LogP contribution is -2.52. The van der Waals surface area contributed by atoms with Gasteiger partial charge in [-0.2, -0.15) is 0 Å². The summed E-state index contributed by atoms with van der Waals surface area (Å²) < 4.78 is 11.1. The minimum Gasteiger partial charge on any atom is -0.347 e. The highest BCUT2D eigenvalue weighted by Gasteiger charge is 2.41. The van der Waals surface area contributed by atoms with Crippen LogP contribution in [0.15, 0.2) is 0 Å². The molecule has 2 heterocycles. The van der Waals surface area contributed by atoms with Crippen LogP contribution < -0.4 is 5.32 Å². The van der Waals surface area contributed by atoms with Crippen molar-refractivity contribution in [2.24, 2.45) is 0 Å². The van der Waals surface area contributed by atoms with E-state index in [1.165, 1.54) is 0 Å². The summed E-state index contributed by atoms with van der Waals surface area (Å²) in [6.07, 6.45) is 1.27. The normalized spacial score (nSPS) is 22.5. The average molecular weight is 256 g/mol. The standard InChI is InChI=1S/C12H20N2O4/c1-9(2)13-10(15)11(16)14-5-3-12(4-6-14)17-7-8-18-12/h9H,3-8H2,1-2H3,(H,13,15). The molecule has 0 atom stereocenters. The number of rotatable bonds is 1. The van der Waals surface area contributed by atoms with Crippen LogP contribution in [0.5, 0.6) is 0 Å². The maximum absolute atomic E-state index is 11.9. The van der Waals surface area contributed by atoms with Crippen LogP contribution in [0.2, 0.25) is 0 Å². The first kappa shape index (κ1) is 13.3. The highest BCUT2D eigenvalue weighted by atomic mass is 16.7. The lowest BCUT2D eigenvalue weighted by molar-refractivity contribution is -0.188. The van der Waals surface area contributed by atoms with E-state index in [-0.39, 0.29) is 6.04 Å². The molecule has 0 unspecified atom stereocenters. The number of likely N-dealkylation sites (tertiary alicyclic amines) is 1. The fraction of sp³-hybridized carbons (Fsp3) is 0.833. The van der Waals surface area contributed by atoms with E-state index >= 15 is 0 Å². The molecular formula is C12H20N2O4. The van der Waals surface area contributed by atoms with Gasteiger partial charge in [0.05, 0.1) is 13.2 Å². The molecule has 6 heteroatoms. The second kappa shape index (κ2) is 5.24. The second-order valence-electron chi connectivity index (χ2n) is 5.03. The minimum atomic E-state index is -0.533. The van der Waals surface area contributed by atoms with Crippen molar-refractivity contribution in [3.8, 4) is 0 Å². The van der Waals surface area contributed by atoms with E-state index in [0.29, 0.717) is 39.1 Å². The molecule has 2 amide bonds. The van der Waals surface area contributed by atoms with E-state index in [9.17, 15) is 9.59 Å². The van der Waals surface area contributed by atoms with E-state index in [1.54, 1.807) is 4.90 Å². The highest BCUT2D eigenvalue weighted by Crippen LogP contribution is 2.31. The Kier molecular flexibility index (Phi) is 3.87. The van der Waals surface area contributed by atoms with Crippen molar-refractivity contribution in [1.82, 2.24) is 10.2 Å². The van der Waals surface area contributed by atoms with Crippen LogP contribution in [-0.4, -0.2) is 54.8 Å². The Bertz CT molecular complexity index is 327. The molecule has 6 nitrogen and oxygen atoms in total. The van der Waals surface area contributed by atoms with Crippen LogP contribution >= 0.6 is 0 Å². The topological polar surface area (TPSA) is 67.9 Å². The van der Waals surface area contributed by atoms with Crippen molar-refractivity contribution in [1.29, 1.82) is 0 Å². The van der Waals surface area contributed by atoms with Gasteiger partial charge in [0.2, 0.25) is 0 Å². The number of nitrogens with one attached hydrogen (secondary N) is 1. The number of carbonyl (C=O) groups is 2. The molecule has 0 bridgehead atoms. The fourth-order valence-corrected chi connectivity index (χ4v) is 2.30. The van der Waals surface area contributed by atoms with Gasteiger partial charge in [-0.25, -0.2) is 0 Å². The molecule has 102 valence electrons. The van der Waals surface area contributed by atoms with E-state index in [1.807, 2.05) is 13.8 Å². The van der Waals surface area contributed by atoms with E-state index in [2.05, 4.69) is 5.32 Å². The quantitative estimate of drug-likeness (QED) is 0.664. The Morgan fingerprint density at radius 2 is 1.72 bits per heavy atom. The summed E-state index contributed by atoms with van der Waals surface area (Å²) >= 11 is 0. The molecule has 18 heavy (non-hydrogen) atoms. The van der Waals surface area contributed by atoms with Crippen molar-refractivity contribution in [3.05, 3.63) is 0 Å². The smallest absolute Gasteiger partial charge is 0.311 e. The zero-order chi connectivity index (χ0) is 13.2. The van der Waals surface area contributed by atoms with Crippen LogP contribution in [0.1, 0.15) is 26.7 Å². The molecule has 0 saturated carbocycles. The van der Waals surface area contributed by atoms with Crippen molar-refractivity contribution >= 4 is 11.8 Å². The monoisotopic (exact) mass is 256 g/mol. The molecule has 0 aliphatic carbocycles. The molecule has 2 aliphatic heterocycles. The van der Waals surface area contributed by atoms with Crippen molar-refractivity contribution in [2.75, 3.05) is 26.3 Å². The Labute approximate surface area is 107 Å². The Balaban J connectivity index is 1.85. The summed E-state index contributed by atoms with van der Waals surface area (Å²) in [5.41, 5.74) is 0. The first-order valence-corrected chi connectivity index (χ1v) is 6.40. The molecule has 0 aromatic rings. The third-order valence-electron chi connectivity index (χ3n) is 3.24. The molecule has 2 rings (SSSR count). The summed E-state index contributed by atoms with van der Waals surface area (Å²) in [5, 5.41) is 2.61. The van der Waals surface area contributed by atoms with Gasteiger partial charge in [0.15, 0.2) is 5.79 Å². The van der Waals surface area contributed by atoms with Gasteiger partial charge in [-0.15, -0.1) is 0 Å². The van der Waals surface area contributed by atoms with Crippen molar-refractivity contribution < 1.29 is 19.1 Å². The zero-order valence-electron chi connectivity index (χ0n) is 10.9. The van der Waals surface area contributed by atoms with Gasteiger partial charge >= 0.3 is 11.8 Å². The average Bonchev–Trinajstić information content (AvgIpc) is 2.77. The summed E-state index contributed by atoms with van der Waals surface area (Å²) in [4.78, 5) is 25.0. The SMILES string of the molecule is CC(C)NC(=O)C(=O)N1CCC2(CC1)OCCO2. The highest BCUT2D eigenvalue weighted by molar-refractivity contribution is 6.35. The summed E-state index contributed by atoms with van der Waals surface area (Å²) in [7, 11) is 0. The maximum atomic E-state index is 11.9. The molecule has 0 aromatic heterocycles. The molecule has 0 radical (unpaired) electrons. The molecule has 0 aromatic carbocycles. The predicted octanol–water partition coefficient (Wildman–Crippen LogP) is -0.123. The van der Waals surface area contributed by atoms with Crippen LogP contribution in [0.3, 0.4) is 0 Å². The van der Waals surface area contributed by atoms with Crippen LogP contribution in [0.4, 0.5) is 0 Å². The summed E-state index contributed by atoms with van der Waals surface area (Å²) in [6, 6.07) is -0.0286.